The van der Waals surface area contributed by atoms with Gasteiger partial charge in [-0.15, -0.1) is 0 Å². The highest BCUT2D eigenvalue weighted by Gasteiger charge is 2.32. The van der Waals surface area contributed by atoms with Crippen LogP contribution in [0.5, 0.6) is 0 Å². The van der Waals surface area contributed by atoms with E-state index in [1.54, 1.807) is 0 Å². The van der Waals surface area contributed by atoms with E-state index in [1.165, 1.54) is 61.4 Å². The maximum absolute atomic E-state index is 6.41. The smallest absolute Gasteiger partial charge is 0.0648 e. The van der Waals surface area contributed by atoms with Crippen LogP contribution in [-0.2, 0) is 0 Å². The van der Waals surface area contributed by atoms with Gasteiger partial charge in [-0.25, -0.2) is 0 Å². The zero-order valence-corrected chi connectivity index (χ0v) is 15.5. The van der Waals surface area contributed by atoms with Crippen molar-refractivity contribution in [2.45, 2.75) is 63.8 Å². The molecule has 0 heterocycles. The summed E-state index contributed by atoms with van der Waals surface area (Å²) in [6.45, 7) is 0. The van der Waals surface area contributed by atoms with Gasteiger partial charge >= 0.3 is 0 Å². The van der Waals surface area contributed by atoms with Crippen LogP contribution < -0.4 is 5.32 Å². The molecule has 0 aromatic heterocycles. The molecule has 2 atom stereocenters. The molecule has 2 aliphatic rings. The third-order valence-electron chi connectivity index (χ3n) is 5.35. The lowest BCUT2D eigenvalue weighted by Gasteiger charge is -2.40. The van der Waals surface area contributed by atoms with Crippen LogP contribution in [0.1, 0.15) is 57.8 Å². The number of benzene rings is 1. The first-order valence-electron chi connectivity index (χ1n) is 8.45. The number of nitrogens with one attached hydrogen (secondary N) is 1. The molecule has 1 aromatic rings. The Hall–Kier alpha value is 0.0400. The summed E-state index contributed by atoms with van der Waals surface area (Å²) in [4.78, 5) is 0. The van der Waals surface area contributed by atoms with Gasteiger partial charge in [-0.05, 0) is 65.5 Å². The minimum atomic E-state index is 0.624. The van der Waals surface area contributed by atoms with Gasteiger partial charge in [0.25, 0.3) is 0 Å². The van der Waals surface area contributed by atoms with Crippen LogP contribution in [0.25, 0.3) is 0 Å². The fourth-order valence-electron chi connectivity index (χ4n) is 4.27. The van der Waals surface area contributed by atoms with Crippen LogP contribution in [0.4, 0.5) is 5.69 Å². The zero-order chi connectivity index (χ0) is 14.7. The molecular weight excluding hydrogens is 393 g/mol. The predicted octanol–water partition coefficient (Wildman–Crippen LogP) is 6.50. The first-order valence-corrected chi connectivity index (χ1v) is 9.91. The Morgan fingerprint density at radius 3 is 2.43 bits per heavy atom. The lowest BCUT2D eigenvalue weighted by molar-refractivity contribution is 0.180. The van der Waals surface area contributed by atoms with Gasteiger partial charge in [-0.3, -0.25) is 0 Å². The monoisotopic (exact) mass is 417 g/mol. The van der Waals surface area contributed by atoms with E-state index in [1.807, 2.05) is 0 Å². The molecule has 0 saturated heterocycles. The van der Waals surface area contributed by atoms with Crippen LogP contribution >= 0.6 is 34.2 Å². The minimum Gasteiger partial charge on any atom is -0.381 e. The van der Waals surface area contributed by atoms with E-state index in [9.17, 15) is 0 Å². The summed E-state index contributed by atoms with van der Waals surface area (Å²) in [5, 5.41) is 4.66. The Kier molecular flexibility index (Phi) is 5.72. The van der Waals surface area contributed by atoms with Gasteiger partial charge in [0.1, 0.15) is 0 Å². The van der Waals surface area contributed by atoms with Crippen molar-refractivity contribution in [1.82, 2.24) is 0 Å². The van der Waals surface area contributed by atoms with Crippen LogP contribution in [0.15, 0.2) is 18.2 Å². The average Bonchev–Trinajstić information content (AvgIpc) is 2.51. The first-order chi connectivity index (χ1) is 10.2. The van der Waals surface area contributed by atoms with E-state index >= 15 is 0 Å². The number of halogens is 2. The largest absolute Gasteiger partial charge is 0.381 e. The van der Waals surface area contributed by atoms with Crippen LogP contribution in [0.3, 0.4) is 0 Å². The maximum atomic E-state index is 6.41. The van der Waals surface area contributed by atoms with Crippen molar-refractivity contribution in [2.24, 2.45) is 11.8 Å². The highest BCUT2D eigenvalue weighted by Crippen LogP contribution is 2.40. The van der Waals surface area contributed by atoms with Crippen molar-refractivity contribution in [3.05, 3.63) is 26.8 Å². The topological polar surface area (TPSA) is 12.0 Å². The third-order valence-corrected chi connectivity index (χ3v) is 6.33. The molecule has 0 bridgehead atoms. The summed E-state index contributed by atoms with van der Waals surface area (Å²) in [5.74, 6) is 1.80. The summed E-state index contributed by atoms with van der Waals surface area (Å²) >= 11 is 8.73. The lowest BCUT2D eigenvalue weighted by Crippen LogP contribution is -2.37. The minimum absolute atomic E-state index is 0.624. The van der Waals surface area contributed by atoms with Gasteiger partial charge in [0.05, 0.1) is 10.7 Å². The van der Waals surface area contributed by atoms with Crippen molar-refractivity contribution in [3.8, 4) is 0 Å². The van der Waals surface area contributed by atoms with E-state index in [0.29, 0.717) is 6.04 Å². The highest BCUT2D eigenvalue weighted by atomic mass is 127. The van der Waals surface area contributed by atoms with Crippen molar-refractivity contribution < 1.29 is 0 Å². The number of hydrogen-bond acceptors (Lipinski definition) is 1. The molecule has 2 fully saturated rings. The van der Waals surface area contributed by atoms with E-state index in [-0.39, 0.29) is 0 Å². The molecule has 3 heteroatoms. The van der Waals surface area contributed by atoms with Gasteiger partial charge in [0, 0.05) is 9.61 Å². The van der Waals surface area contributed by atoms with Crippen LogP contribution in [0.2, 0.25) is 5.02 Å². The summed E-state index contributed by atoms with van der Waals surface area (Å²) in [6.07, 6.45) is 12.7. The second kappa shape index (κ2) is 7.54. The second-order valence-corrected chi connectivity index (χ2v) is 8.37. The lowest BCUT2D eigenvalue weighted by atomic mass is 9.71. The highest BCUT2D eigenvalue weighted by molar-refractivity contribution is 14.1. The normalized spacial score (nSPS) is 27.5. The molecule has 0 radical (unpaired) electrons. The van der Waals surface area contributed by atoms with E-state index in [2.05, 4.69) is 46.1 Å². The molecule has 21 heavy (non-hydrogen) atoms. The number of rotatable bonds is 3. The molecule has 2 saturated carbocycles. The average molecular weight is 418 g/mol. The van der Waals surface area contributed by atoms with Crippen molar-refractivity contribution >= 4 is 39.9 Å². The van der Waals surface area contributed by atoms with Gasteiger partial charge in [-0.1, -0.05) is 56.5 Å². The molecule has 0 amide bonds. The molecule has 1 aromatic carbocycles. The van der Waals surface area contributed by atoms with Gasteiger partial charge in [-0.2, -0.15) is 0 Å². The Morgan fingerprint density at radius 2 is 1.67 bits per heavy atom. The fourth-order valence-corrected chi connectivity index (χ4v) is 5.18. The summed E-state index contributed by atoms with van der Waals surface area (Å²) < 4.78 is 1.20. The Balaban J connectivity index is 1.71. The quantitative estimate of drug-likeness (QED) is 0.554. The third kappa shape index (κ3) is 4.07. The first kappa shape index (κ1) is 15.9. The van der Waals surface area contributed by atoms with Gasteiger partial charge in [0.2, 0.25) is 0 Å². The van der Waals surface area contributed by atoms with Crippen molar-refractivity contribution in [3.63, 3.8) is 0 Å². The molecule has 1 nitrogen and oxygen atoms in total. The van der Waals surface area contributed by atoms with Crippen molar-refractivity contribution in [2.75, 3.05) is 5.32 Å². The molecule has 116 valence electrons. The molecule has 3 rings (SSSR count). The standard InChI is InChI=1S/C18H25ClIN/c19-16-12-14(20)10-11-18(16)21-17-9-5-4-8-15(17)13-6-2-1-3-7-13/h10-13,15,17,21H,1-9H2. The summed E-state index contributed by atoms with van der Waals surface area (Å²) in [5.41, 5.74) is 1.13. The SMILES string of the molecule is Clc1cc(I)ccc1NC1CCCCC1C1CCCCC1. The molecule has 2 unspecified atom stereocenters. The number of hydrogen-bond donors (Lipinski definition) is 1. The van der Waals surface area contributed by atoms with Gasteiger partial charge in [0.15, 0.2) is 0 Å². The molecule has 1 N–H and O–H groups in total. The van der Waals surface area contributed by atoms with E-state index in [0.717, 1.165) is 22.5 Å². The Bertz CT molecular complexity index is 470. The Labute approximate surface area is 147 Å². The summed E-state index contributed by atoms with van der Waals surface area (Å²) in [6, 6.07) is 6.98. The van der Waals surface area contributed by atoms with Crippen molar-refractivity contribution in [1.29, 1.82) is 0 Å². The van der Waals surface area contributed by atoms with Gasteiger partial charge < -0.3 is 5.32 Å². The molecule has 0 aliphatic heterocycles. The molecule has 2 aliphatic carbocycles. The van der Waals surface area contributed by atoms with Crippen LogP contribution in [-0.4, -0.2) is 6.04 Å². The predicted molar refractivity (Wildman–Crippen MR) is 100 cm³/mol. The molecule has 0 spiro atoms. The fraction of sp³-hybridized carbons (Fsp3) is 0.667. The zero-order valence-electron chi connectivity index (χ0n) is 12.6. The van der Waals surface area contributed by atoms with E-state index < -0.39 is 0 Å². The second-order valence-electron chi connectivity index (χ2n) is 6.72. The Morgan fingerprint density at radius 1 is 0.952 bits per heavy atom. The maximum Gasteiger partial charge on any atom is 0.0648 e. The van der Waals surface area contributed by atoms with E-state index in [4.69, 9.17) is 11.6 Å². The molecular formula is C18H25ClIN. The number of anilines is 1. The summed E-state index contributed by atoms with van der Waals surface area (Å²) in [7, 11) is 0. The van der Waals surface area contributed by atoms with Crippen LogP contribution in [0, 0.1) is 15.4 Å².